The zero-order valence-corrected chi connectivity index (χ0v) is 35.5. The number of carbonyl (C=O) groups is 2. The second-order valence-corrected chi connectivity index (χ2v) is 16.1. The molecule has 0 aromatic carbocycles. The van der Waals surface area contributed by atoms with E-state index in [1.54, 1.807) is 0 Å². The molecular weight excluding hydrogens is 659 g/mol. The van der Waals surface area contributed by atoms with Crippen LogP contribution >= 0.6 is 0 Å². The number of carbonyl (C=O) groups excluding carboxylic acids is 2. The van der Waals surface area contributed by atoms with Crippen LogP contribution in [0.5, 0.6) is 0 Å². The van der Waals surface area contributed by atoms with Gasteiger partial charge in [-0.1, -0.05) is 193 Å². The number of allylic oxidation sites excluding steroid dienone is 2. The molecule has 53 heavy (non-hydrogen) atoms. The Hall–Kier alpha value is -1.40. The highest BCUT2D eigenvalue weighted by Gasteiger charge is 2.20. The minimum Gasteiger partial charge on any atom is -0.466 e. The first kappa shape index (κ1) is 51.6. The van der Waals surface area contributed by atoms with Gasteiger partial charge >= 0.3 is 5.97 Å². The van der Waals surface area contributed by atoms with Crippen LogP contribution in [0.25, 0.3) is 0 Å². The third-order valence-electron chi connectivity index (χ3n) is 10.8. The van der Waals surface area contributed by atoms with Crippen LogP contribution in [-0.4, -0.2) is 47.4 Å². The van der Waals surface area contributed by atoms with E-state index in [1.165, 1.54) is 141 Å². The van der Waals surface area contributed by atoms with E-state index in [0.717, 1.165) is 77.0 Å². The molecule has 0 spiro atoms. The van der Waals surface area contributed by atoms with E-state index >= 15 is 0 Å². The molecule has 0 bridgehead atoms. The number of aliphatic hydroxyl groups excluding tert-OH is 2. The van der Waals surface area contributed by atoms with Gasteiger partial charge in [-0.05, 0) is 57.8 Å². The molecule has 0 saturated carbocycles. The van der Waals surface area contributed by atoms with Crippen molar-refractivity contribution >= 4 is 11.9 Å². The molecule has 1 amide bonds. The maximum absolute atomic E-state index is 12.4. The van der Waals surface area contributed by atoms with Crippen molar-refractivity contribution in [2.24, 2.45) is 0 Å². The number of esters is 1. The van der Waals surface area contributed by atoms with Crippen molar-refractivity contribution in [3.63, 3.8) is 0 Å². The predicted octanol–water partition coefficient (Wildman–Crippen LogP) is 13.4. The molecule has 0 aromatic rings. The Kier molecular flexibility index (Phi) is 42.2. The SMILES string of the molecule is CCCCCCCCCCCCCCC(=O)OCCCCC/C=C\CCCCCCCC(=O)NC(CO)C(O)CCCCCCCCCCCCCC. The standard InChI is InChI=1S/C47H91NO5/c1-3-5-7-9-11-13-15-19-23-27-31-35-39-45(50)44(43-49)48-46(51)40-36-32-28-24-20-17-18-22-26-30-34-38-42-53-47(52)41-37-33-29-25-21-16-14-12-10-8-6-4-2/h18,22,44-45,49-50H,3-17,19-21,23-43H2,1-2H3,(H,48,51)/b22-18-. The van der Waals surface area contributed by atoms with Crippen molar-refractivity contribution in [3.8, 4) is 0 Å². The van der Waals surface area contributed by atoms with Gasteiger partial charge in [-0.15, -0.1) is 0 Å². The average Bonchev–Trinajstić information content (AvgIpc) is 3.16. The minimum atomic E-state index is -0.677. The van der Waals surface area contributed by atoms with Crippen LogP contribution in [0.2, 0.25) is 0 Å². The van der Waals surface area contributed by atoms with Crippen LogP contribution in [-0.2, 0) is 14.3 Å². The van der Waals surface area contributed by atoms with E-state index in [9.17, 15) is 19.8 Å². The highest BCUT2D eigenvalue weighted by atomic mass is 16.5. The summed E-state index contributed by atoms with van der Waals surface area (Å²) in [5.74, 6) is -0.0838. The molecule has 0 aliphatic heterocycles. The molecule has 2 atom stereocenters. The molecule has 0 aliphatic carbocycles. The smallest absolute Gasteiger partial charge is 0.305 e. The molecule has 0 aromatic heterocycles. The Labute approximate surface area is 329 Å². The number of aliphatic hydroxyl groups is 2. The van der Waals surface area contributed by atoms with Gasteiger partial charge in [-0.3, -0.25) is 9.59 Å². The summed E-state index contributed by atoms with van der Waals surface area (Å²) in [5.41, 5.74) is 0. The maximum atomic E-state index is 12.4. The molecule has 6 heteroatoms. The first-order valence-corrected chi connectivity index (χ1v) is 23.4. The Morgan fingerprint density at radius 2 is 0.887 bits per heavy atom. The van der Waals surface area contributed by atoms with Crippen molar-refractivity contribution in [1.82, 2.24) is 5.32 Å². The van der Waals surface area contributed by atoms with E-state index in [2.05, 4.69) is 31.3 Å². The summed E-state index contributed by atoms with van der Waals surface area (Å²) < 4.78 is 5.43. The average molecular weight is 750 g/mol. The maximum Gasteiger partial charge on any atom is 0.305 e. The summed E-state index contributed by atoms with van der Waals surface area (Å²) in [4.78, 5) is 24.4. The fourth-order valence-electron chi connectivity index (χ4n) is 7.16. The predicted molar refractivity (Wildman–Crippen MR) is 227 cm³/mol. The Bertz CT molecular complexity index is 787. The zero-order valence-electron chi connectivity index (χ0n) is 35.5. The van der Waals surface area contributed by atoms with Gasteiger partial charge in [0.1, 0.15) is 0 Å². The summed E-state index contributed by atoms with van der Waals surface area (Å²) in [7, 11) is 0. The lowest BCUT2D eigenvalue weighted by molar-refractivity contribution is -0.143. The minimum absolute atomic E-state index is 0.0224. The quantitative estimate of drug-likeness (QED) is 0.0328. The topological polar surface area (TPSA) is 95.9 Å². The van der Waals surface area contributed by atoms with Gasteiger partial charge in [-0.2, -0.15) is 0 Å². The molecule has 314 valence electrons. The van der Waals surface area contributed by atoms with Crippen molar-refractivity contribution in [2.45, 2.75) is 264 Å². The Morgan fingerprint density at radius 3 is 1.34 bits per heavy atom. The van der Waals surface area contributed by atoms with Crippen molar-refractivity contribution in [3.05, 3.63) is 12.2 Å². The van der Waals surface area contributed by atoms with Gasteiger partial charge in [-0.25, -0.2) is 0 Å². The van der Waals surface area contributed by atoms with Crippen LogP contribution in [0, 0.1) is 0 Å². The van der Waals surface area contributed by atoms with E-state index in [1.807, 2.05) is 0 Å². The zero-order chi connectivity index (χ0) is 38.7. The highest BCUT2D eigenvalue weighted by Crippen LogP contribution is 2.16. The lowest BCUT2D eigenvalue weighted by Crippen LogP contribution is -2.45. The summed E-state index contributed by atoms with van der Waals surface area (Å²) in [6, 6.07) is -0.557. The first-order chi connectivity index (χ1) is 26.0. The molecule has 0 heterocycles. The summed E-state index contributed by atoms with van der Waals surface area (Å²) in [6.07, 6.45) is 47.4. The Morgan fingerprint density at radius 1 is 0.509 bits per heavy atom. The van der Waals surface area contributed by atoms with Gasteiger partial charge in [0.15, 0.2) is 0 Å². The lowest BCUT2D eigenvalue weighted by Gasteiger charge is -2.22. The molecule has 0 aliphatic rings. The number of hydrogen-bond donors (Lipinski definition) is 3. The van der Waals surface area contributed by atoms with Crippen LogP contribution in [0.1, 0.15) is 251 Å². The number of hydrogen-bond acceptors (Lipinski definition) is 5. The van der Waals surface area contributed by atoms with Gasteiger partial charge in [0, 0.05) is 12.8 Å². The molecule has 6 nitrogen and oxygen atoms in total. The largest absolute Gasteiger partial charge is 0.466 e. The van der Waals surface area contributed by atoms with Crippen LogP contribution < -0.4 is 5.32 Å². The molecule has 0 saturated heterocycles. The summed E-state index contributed by atoms with van der Waals surface area (Å²) in [5, 5.41) is 23.1. The van der Waals surface area contributed by atoms with Gasteiger partial charge in [0.25, 0.3) is 0 Å². The fourth-order valence-corrected chi connectivity index (χ4v) is 7.16. The molecule has 3 N–H and O–H groups in total. The van der Waals surface area contributed by atoms with Gasteiger partial charge < -0.3 is 20.3 Å². The van der Waals surface area contributed by atoms with Gasteiger partial charge in [0.2, 0.25) is 5.91 Å². The van der Waals surface area contributed by atoms with Crippen molar-refractivity contribution in [1.29, 1.82) is 0 Å². The lowest BCUT2D eigenvalue weighted by atomic mass is 10.0. The fraction of sp³-hybridized carbons (Fsp3) is 0.915. The molecule has 0 rings (SSSR count). The third-order valence-corrected chi connectivity index (χ3v) is 10.8. The van der Waals surface area contributed by atoms with E-state index < -0.39 is 12.1 Å². The molecule has 0 radical (unpaired) electrons. The van der Waals surface area contributed by atoms with Crippen molar-refractivity contribution < 1.29 is 24.5 Å². The first-order valence-electron chi connectivity index (χ1n) is 23.4. The normalized spacial score (nSPS) is 12.8. The van der Waals surface area contributed by atoms with Crippen molar-refractivity contribution in [2.75, 3.05) is 13.2 Å². The number of rotatable bonds is 43. The molecule has 2 unspecified atom stereocenters. The van der Waals surface area contributed by atoms with Crippen LogP contribution in [0.3, 0.4) is 0 Å². The second-order valence-electron chi connectivity index (χ2n) is 16.1. The van der Waals surface area contributed by atoms with E-state index in [4.69, 9.17) is 4.74 Å². The summed E-state index contributed by atoms with van der Waals surface area (Å²) in [6.45, 7) is 4.88. The van der Waals surface area contributed by atoms with Gasteiger partial charge in [0.05, 0.1) is 25.4 Å². The third kappa shape index (κ3) is 40.1. The number of unbranched alkanes of at least 4 members (excludes halogenated alkanes) is 30. The van der Waals surface area contributed by atoms with Crippen LogP contribution in [0.15, 0.2) is 12.2 Å². The summed E-state index contributed by atoms with van der Waals surface area (Å²) >= 11 is 0. The highest BCUT2D eigenvalue weighted by molar-refractivity contribution is 5.76. The molecular formula is C47H91NO5. The number of amides is 1. The van der Waals surface area contributed by atoms with E-state index in [0.29, 0.717) is 25.9 Å². The van der Waals surface area contributed by atoms with Crippen LogP contribution in [0.4, 0.5) is 0 Å². The second kappa shape index (κ2) is 43.3. The van der Waals surface area contributed by atoms with E-state index in [-0.39, 0.29) is 18.5 Å². The Balaban J connectivity index is 3.51. The number of nitrogens with one attached hydrogen (secondary N) is 1. The molecule has 0 fully saturated rings. The monoisotopic (exact) mass is 750 g/mol. The number of ether oxygens (including phenoxy) is 1.